The molecule has 1 heterocycles. The third-order valence-electron chi connectivity index (χ3n) is 6.97. The van der Waals surface area contributed by atoms with Crippen molar-refractivity contribution in [2.24, 2.45) is 0 Å². The Morgan fingerprint density at radius 2 is 1.32 bits per heavy atom. The van der Waals surface area contributed by atoms with E-state index in [1.54, 1.807) is 6.92 Å². The van der Waals surface area contributed by atoms with E-state index in [1.165, 1.54) is 32.1 Å². The van der Waals surface area contributed by atoms with E-state index in [-0.39, 0.29) is 11.8 Å². The molecule has 212 valence electrons. The quantitative estimate of drug-likeness (QED) is 0.142. The van der Waals surface area contributed by atoms with Crippen molar-refractivity contribution in [3.05, 3.63) is 89.5 Å². The molecule has 0 aliphatic carbocycles. The Labute approximate surface area is 237 Å². The van der Waals surface area contributed by atoms with Gasteiger partial charge in [0.2, 0.25) is 0 Å². The summed E-state index contributed by atoms with van der Waals surface area (Å²) in [6.07, 6.45) is 4.29. The molecule has 3 aromatic carbocycles. The van der Waals surface area contributed by atoms with Gasteiger partial charge in [-0.25, -0.2) is 4.79 Å². The summed E-state index contributed by atoms with van der Waals surface area (Å²) in [5.74, 6) is 1.12. The maximum Gasteiger partial charge on any atom is 0.335 e. The monoisotopic (exact) mass is 545 g/mol. The standard InChI is InChI=1S/C33H39NO6/c1-3-38-33(36)31(37-2)24-25-8-16-29(17-9-25)39-22-7-23-40-30-18-12-27(13-19-30)32(35)26-10-14-28(15-11-26)34-20-5-4-6-21-34/h8-19,31H,3-7,20-24H2,1-2H3/t31-/m0/s1. The van der Waals surface area contributed by atoms with Crippen LogP contribution < -0.4 is 14.4 Å². The number of anilines is 1. The Bertz CT molecular complexity index is 1200. The van der Waals surface area contributed by atoms with Crippen LogP contribution in [0.2, 0.25) is 0 Å². The van der Waals surface area contributed by atoms with Gasteiger partial charge in [-0.1, -0.05) is 12.1 Å². The fourth-order valence-corrected chi connectivity index (χ4v) is 4.72. The minimum atomic E-state index is -0.619. The van der Waals surface area contributed by atoms with E-state index in [0.717, 1.165) is 30.2 Å². The van der Waals surface area contributed by atoms with Crippen molar-refractivity contribution in [3.8, 4) is 11.5 Å². The van der Waals surface area contributed by atoms with Gasteiger partial charge in [0, 0.05) is 49.9 Å². The highest BCUT2D eigenvalue weighted by Gasteiger charge is 2.19. The number of methoxy groups -OCH3 is 1. The maximum atomic E-state index is 12.9. The fraction of sp³-hybridized carbons (Fsp3) is 0.394. The molecule has 1 saturated heterocycles. The zero-order valence-corrected chi connectivity index (χ0v) is 23.5. The van der Waals surface area contributed by atoms with E-state index >= 15 is 0 Å². The van der Waals surface area contributed by atoms with Crippen LogP contribution in [-0.2, 0) is 20.7 Å². The van der Waals surface area contributed by atoms with Crippen LogP contribution in [0.4, 0.5) is 5.69 Å². The van der Waals surface area contributed by atoms with E-state index in [2.05, 4.69) is 17.0 Å². The third kappa shape index (κ3) is 8.33. The Kier molecular flexibility index (Phi) is 11.0. The van der Waals surface area contributed by atoms with Gasteiger partial charge in [-0.3, -0.25) is 4.79 Å². The molecule has 1 atom stereocenters. The molecular weight excluding hydrogens is 506 g/mol. The third-order valence-corrected chi connectivity index (χ3v) is 6.97. The van der Waals surface area contributed by atoms with Gasteiger partial charge < -0.3 is 23.8 Å². The number of carbonyl (C=O) groups excluding carboxylic acids is 2. The fourth-order valence-electron chi connectivity index (χ4n) is 4.72. The van der Waals surface area contributed by atoms with Gasteiger partial charge >= 0.3 is 5.97 Å². The summed E-state index contributed by atoms with van der Waals surface area (Å²) in [5.41, 5.74) is 3.49. The van der Waals surface area contributed by atoms with Crippen LogP contribution in [0.1, 0.15) is 54.1 Å². The Hall–Kier alpha value is -3.84. The van der Waals surface area contributed by atoms with Crippen molar-refractivity contribution in [2.75, 3.05) is 44.9 Å². The van der Waals surface area contributed by atoms with Crippen LogP contribution in [0, 0.1) is 0 Å². The summed E-state index contributed by atoms with van der Waals surface area (Å²) >= 11 is 0. The first-order chi connectivity index (χ1) is 19.6. The number of hydrogen-bond donors (Lipinski definition) is 0. The molecule has 0 radical (unpaired) electrons. The van der Waals surface area contributed by atoms with Crippen molar-refractivity contribution in [1.29, 1.82) is 0 Å². The Morgan fingerprint density at radius 3 is 1.88 bits per heavy atom. The van der Waals surface area contributed by atoms with Crippen LogP contribution in [0.15, 0.2) is 72.8 Å². The number of hydrogen-bond acceptors (Lipinski definition) is 7. The molecular formula is C33H39NO6. The Balaban J connectivity index is 1.17. The molecule has 0 N–H and O–H groups in total. The zero-order valence-electron chi connectivity index (χ0n) is 23.5. The average Bonchev–Trinajstić information content (AvgIpc) is 3.01. The van der Waals surface area contributed by atoms with Crippen LogP contribution in [0.5, 0.6) is 11.5 Å². The van der Waals surface area contributed by atoms with E-state index in [1.807, 2.05) is 60.7 Å². The van der Waals surface area contributed by atoms with E-state index in [0.29, 0.717) is 43.8 Å². The summed E-state index contributed by atoms with van der Waals surface area (Å²) < 4.78 is 21.9. The minimum Gasteiger partial charge on any atom is -0.493 e. The second kappa shape index (κ2) is 15.1. The van der Waals surface area contributed by atoms with Crippen molar-refractivity contribution in [2.45, 2.75) is 45.1 Å². The zero-order chi connectivity index (χ0) is 28.2. The number of benzene rings is 3. The van der Waals surface area contributed by atoms with Gasteiger partial charge in [-0.05, 0) is 92.4 Å². The first kappa shape index (κ1) is 29.2. The molecule has 7 nitrogen and oxygen atoms in total. The second-order valence-corrected chi connectivity index (χ2v) is 9.82. The lowest BCUT2D eigenvalue weighted by Gasteiger charge is -2.28. The molecule has 0 spiro atoms. The number of rotatable bonds is 14. The highest BCUT2D eigenvalue weighted by Crippen LogP contribution is 2.22. The van der Waals surface area contributed by atoms with Gasteiger partial charge in [-0.2, -0.15) is 0 Å². The molecule has 0 bridgehead atoms. The topological polar surface area (TPSA) is 74.3 Å². The molecule has 1 fully saturated rings. The lowest BCUT2D eigenvalue weighted by molar-refractivity contribution is -0.154. The van der Waals surface area contributed by atoms with Crippen LogP contribution in [-0.4, -0.2) is 57.9 Å². The van der Waals surface area contributed by atoms with Gasteiger partial charge in [-0.15, -0.1) is 0 Å². The molecule has 4 rings (SSSR count). The molecule has 0 unspecified atom stereocenters. The number of carbonyl (C=O) groups is 2. The number of ketones is 1. The molecule has 0 aromatic heterocycles. The summed E-state index contributed by atoms with van der Waals surface area (Å²) in [7, 11) is 1.50. The minimum absolute atomic E-state index is 0.00907. The van der Waals surface area contributed by atoms with Crippen LogP contribution >= 0.6 is 0 Å². The normalized spacial score (nSPS) is 13.9. The summed E-state index contributed by atoms with van der Waals surface area (Å²) in [6, 6.07) is 22.8. The van der Waals surface area contributed by atoms with E-state index in [9.17, 15) is 9.59 Å². The Morgan fingerprint density at radius 1 is 0.775 bits per heavy atom. The van der Waals surface area contributed by atoms with Crippen molar-refractivity contribution < 1.29 is 28.5 Å². The average molecular weight is 546 g/mol. The maximum absolute atomic E-state index is 12.9. The number of piperidine rings is 1. The van der Waals surface area contributed by atoms with E-state index in [4.69, 9.17) is 18.9 Å². The SMILES string of the molecule is CCOC(=O)[C@H](Cc1ccc(OCCCOc2ccc(C(=O)c3ccc(N4CCCCC4)cc3)cc2)cc1)OC. The smallest absolute Gasteiger partial charge is 0.335 e. The van der Waals surface area contributed by atoms with Crippen LogP contribution in [0.3, 0.4) is 0 Å². The molecule has 0 saturated carbocycles. The van der Waals surface area contributed by atoms with E-state index < -0.39 is 6.10 Å². The molecule has 40 heavy (non-hydrogen) atoms. The van der Waals surface area contributed by atoms with Crippen LogP contribution in [0.25, 0.3) is 0 Å². The summed E-state index contributed by atoms with van der Waals surface area (Å²) in [5, 5.41) is 0. The predicted octanol–water partition coefficient (Wildman–Crippen LogP) is 5.88. The highest BCUT2D eigenvalue weighted by atomic mass is 16.6. The summed E-state index contributed by atoms with van der Waals surface area (Å²) in [4.78, 5) is 27.2. The molecule has 1 aliphatic rings. The lowest BCUT2D eigenvalue weighted by atomic mass is 10.0. The van der Waals surface area contributed by atoms with Crippen molar-refractivity contribution in [1.82, 2.24) is 0 Å². The molecule has 7 heteroatoms. The second-order valence-electron chi connectivity index (χ2n) is 9.82. The largest absolute Gasteiger partial charge is 0.493 e. The van der Waals surface area contributed by atoms with Crippen molar-refractivity contribution >= 4 is 17.4 Å². The lowest BCUT2D eigenvalue weighted by Crippen LogP contribution is -2.29. The van der Waals surface area contributed by atoms with Gasteiger partial charge in [0.1, 0.15) is 11.5 Å². The number of esters is 1. The molecule has 0 amide bonds. The predicted molar refractivity (Wildman–Crippen MR) is 156 cm³/mol. The number of nitrogens with zero attached hydrogens (tertiary/aromatic N) is 1. The molecule has 1 aliphatic heterocycles. The van der Waals surface area contributed by atoms with Gasteiger partial charge in [0.15, 0.2) is 11.9 Å². The van der Waals surface area contributed by atoms with Gasteiger partial charge in [0.05, 0.1) is 19.8 Å². The number of ether oxygens (including phenoxy) is 4. The van der Waals surface area contributed by atoms with Crippen molar-refractivity contribution in [3.63, 3.8) is 0 Å². The first-order valence-corrected chi connectivity index (χ1v) is 14.1. The van der Waals surface area contributed by atoms with Gasteiger partial charge in [0.25, 0.3) is 0 Å². The molecule has 3 aromatic rings. The summed E-state index contributed by atoms with van der Waals surface area (Å²) in [6.45, 7) is 5.28. The highest BCUT2D eigenvalue weighted by molar-refractivity contribution is 6.09. The first-order valence-electron chi connectivity index (χ1n) is 14.1.